The minimum atomic E-state index is 0.00727. The molecule has 1 atom stereocenters. The summed E-state index contributed by atoms with van der Waals surface area (Å²) in [5, 5.41) is 1.77. The van der Waals surface area contributed by atoms with Crippen molar-refractivity contribution in [3.8, 4) is 0 Å². The fourth-order valence-corrected chi connectivity index (χ4v) is 6.35. The van der Waals surface area contributed by atoms with Gasteiger partial charge in [-0.25, -0.2) is 9.97 Å². The third-order valence-electron chi connectivity index (χ3n) is 6.64. The fourth-order valence-electron chi connectivity index (χ4n) is 4.75. The SMILES string of the molecule is CC(C)c1nc(N2CCN(C(=O)c3ccccc3Cl)CC2)c2c3c(sc2n1)C[C@@H](C)CC3. The van der Waals surface area contributed by atoms with Gasteiger partial charge in [-0.05, 0) is 42.9 Å². The molecule has 5 nitrogen and oxygen atoms in total. The van der Waals surface area contributed by atoms with E-state index in [-0.39, 0.29) is 11.8 Å². The number of anilines is 1. The number of nitrogens with zero attached hydrogens (tertiary/aromatic N) is 4. The highest BCUT2D eigenvalue weighted by Crippen LogP contribution is 2.41. The Kier molecular flexibility index (Phi) is 5.84. The third kappa shape index (κ3) is 3.88. The lowest BCUT2D eigenvalue weighted by atomic mass is 9.89. The Bertz CT molecular complexity index is 1170. The van der Waals surface area contributed by atoms with Crippen LogP contribution in [0.15, 0.2) is 24.3 Å². The largest absolute Gasteiger partial charge is 0.352 e. The van der Waals surface area contributed by atoms with E-state index in [2.05, 4.69) is 25.7 Å². The molecule has 0 N–H and O–H groups in total. The summed E-state index contributed by atoms with van der Waals surface area (Å²) in [4.78, 5) is 29.9. The highest BCUT2D eigenvalue weighted by molar-refractivity contribution is 7.19. The number of amides is 1. The monoisotopic (exact) mass is 468 g/mol. The maximum absolute atomic E-state index is 13.0. The topological polar surface area (TPSA) is 49.3 Å². The van der Waals surface area contributed by atoms with Crippen molar-refractivity contribution in [1.29, 1.82) is 0 Å². The van der Waals surface area contributed by atoms with Gasteiger partial charge in [0.2, 0.25) is 0 Å². The van der Waals surface area contributed by atoms with Crippen molar-refractivity contribution < 1.29 is 4.79 Å². The van der Waals surface area contributed by atoms with Crippen LogP contribution in [0.25, 0.3) is 10.2 Å². The molecule has 0 spiro atoms. The fraction of sp³-hybridized carbons (Fsp3) is 0.480. The summed E-state index contributed by atoms with van der Waals surface area (Å²) < 4.78 is 0. The lowest BCUT2D eigenvalue weighted by Gasteiger charge is -2.36. The second-order valence-electron chi connectivity index (χ2n) is 9.35. The van der Waals surface area contributed by atoms with Gasteiger partial charge < -0.3 is 9.80 Å². The molecule has 3 aromatic rings. The molecular weight excluding hydrogens is 440 g/mol. The van der Waals surface area contributed by atoms with E-state index in [1.807, 2.05) is 28.4 Å². The second-order valence-corrected chi connectivity index (χ2v) is 10.8. The first kappa shape index (κ1) is 21.7. The summed E-state index contributed by atoms with van der Waals surface area (Å²) in [6.45, 7) is 9.50. The van der Waals surface area contributed by atoms with Crippen molar-refractivity contribution >= 4 is 44.9 Å². The third-order valence-corrected chi connectivity index (χ3v) is 8.12. The maximum Gasteiger partial charge on any atom is 0.255 e. The molecule has 1 aromatic carbocycles. The van der Waals surface area contributed by atoms with E-state index < -0.39 is 0 Å². The van der Waals surface area contributed by atoms with Crippen LogP contribution in [0, 0.1) is 5.92 Å². The summed E-state index contributed by atoms with van der Waals surface area (Å²) >= 11 is 8.13. The first-order valence-electron chi connectivity index (χ1n) is 11.5. The molecule has 5 rings (SSSR count). The van der Waals surface area contributed by atoms with E-state index >= 15 is 0 Å². The quantitative estimate of drug-likeness (QED) is 0.505. The van der Waals surface area contributed by atoms with Crippen LogP contribution in [-0.4, -0.2) is 47.0 Å². The first-order chi connectivity index (χ1) is 15.4. The number of thiophene rings is 1. The average Bonchev–Trinajstić information content (AvgIpc) is 3.15. The van der Waals surface area contributed by atoms with Crippen molar-refractivity contribution in [3.05, 3.63) is 51.1 Å². The predicted molar refractivity (Wildman–Crippen MR) is 132 cm³/mol. The van der Waals surface area contributed by atoms with Crippen molar-refractivity contribution in [2.45, 2.75) is 46.0 Å². The van der Waals surface area contributed by atoms with E-state index in [9.17, 15) is 4.79 Å². The molecule has 1 fully saturated rings. The molecule has 2 aliphatic rings. The molecule has 7 heteroatoms. The lowest BCUT2D eigenvalue weighted by molar-refractivity contribution is 0.0747. The highest BCUT2D eigenvalue weighted by atomic mass is 35.5. The summed E-state index contributed by atoms with van der Waals surface area (Å²) in [5.74, 6) is 2.99. The number of aromatic nitrogens is 2. The number of fused-ring (bicyclic) bond motifs is 3. The molecule has 3 heterocycles. The molecule has 1 aliphatic carbocycles. The van der Waals surface area contributed by atoms with Crippen LogP contribution in [-0.2, 0) is 12.8 Å². The number of carbonyl (C=O) groups is 1. The Hall–Kier alpha value is -2.18. The van der Waals surface area contributed by atoms with Crippen LogP contribution in [0.5, 0.6) is 0 Å². The molecule has 1 saturated heterocycles. The molecule has 0 radical (unpaired) electrons. The number of aryl methyl sites for hydroxylation is 1. The van der Waals surface area contributed by atoms with Crippen molar-refractivity contribution in [3.63, 3.8) is 0 Å². The van der Waals surface area contributed by atoms with Gasteiger partial charge in [0.25, 0.3) is 5.91 Å². The molecule has 2 aromatic heterocycles. The van der Waals surface area contributed by atoms with Crippen molar-refractivity contribution in [2.24, 2.45) is 5.92 Å². The van der Waals surface area contributed by atoms with Gasteiger partial charge in [-0.3, -0.25) is 4.79 Å². The van der Waals surface area contributed by atoms with Crippen LogP contribution in [0.3, 0.4) is 0 Å². The minimum Gasteiger partial charge on any atom is -0.352 e. The standard InChI is InChI=1S/C25H29ClN4OS/c1-15(2)22-27-23(21-18-9-8-16(3)14-20(18)32-24(21)28-22)29-10-12-30(13-11-29)25(31)17-6-4-5-7-19(17)26/h4-7,15-16H,8-14H2,1-3H3/t16-/m0/s1. The van der Waals surface area contributed by atoms with E-state index in [1.54, 1.807) is 12.1 Å². The van der Waals surface area contributed by atoms with E-state index in [0.29, 0.717) is 23.7 Å². The van der Waals surface area contributed by atoms with Gasteiger partial charge in [-0.1, -0.05) is 44.5 Å². The number of hydrogen-bond donors (Lipinski definition) is 0. The molecule has 168 valence electrons. The Morgan fingerprint density at radius 2 is 1.91 bits per heavy atom. The van der Waals surface area contributed by atoms with Gasteiger partial charge in [0, 0.05) is 37.0 Å². The molecule has 0 bridgehead atoms. The second kappa shape index (κ2) is 8.64. The molecular formula is C25H29ClN4OS. The molecule has 0 saturated carbocycles. The predicted octanol–water partition coefficient (Wildman–Crippen LogP) is 5.56. The zero-order valence-electron chi connectivity index (χ0n) is 18.9. The summed E-state index contributed by atoms with van der Waals surface area (Å²) in [6.07, 6.45) is 3.48. The highest BCUT2D eigenvalue weighted by Gasteiger charge is 2.29. The van der Waals surface area contributed by atoms with Crippen LogP contribution in [0.2, 0.25) is 5.02 Å². The van der Waals surface area contributed by atoms with E-state index in [0.717, 1.165) is 48.3 Å². The Balaban J connectivity index is 1.45. The van der Waals surface area contributed by atoms with Crippen molar-refractivity contribution in [2.75, 3.05) is 31.1 Å². The molecule has 0 unspecified atom stereocenters. The van der Waals surface area contributed by atoms with Crippen LogP contribution >= 0.6 is 22.9 Å². The van der Waals surface area contributed by atoms with Crippen LogP contribution < -0.4 is 4.90 Å². The van der Waals surface area contributed by atoms with Crippen molar-refractivity contribution in [1.82, 2.24) is 14.9 Å². The number of rotatable bonds is 3. The Morgan fingerprint density at radius 3 is 2.62 bits per heavy atom. The van der Waals surface area contributed by atoms with Gasteiger partial charge in [-0.15, -0.1) is 11.3 Å². The zero-order valence-corrected chi connectivity index (χ0v) is 20.5. The Labute approximate surface area is 198 Å². The van der Waals surface area contributed by atoms with Crippen LogP contribution in [0.1, 0.15) is 59.7 Å². The lowest BCUT2D eigenvalue weighted by Crippen LogP contribution is -2.49. The van der Waals surface area contributed by atoms with E-state index in [4.69, 9.17) is 21.6 Å². The smallest absolute Gasteiger partial charge is 0.255 e. The normalized spacial score (nSPS) is 19.0. The zero-order chi connectivity index (χ0) is 22.4. The first-order valence-corrected chi connectivity index (χ1v) is 12.7. The van der Waals surface area contributed by atoms with Crippen LogP contribution in [0.4, 0.5) is 5.82 Å². The van der Waals surface area contributed by atoms with E-state index in [1.165, 1.54) is 22.2 Å². The Morgan fingerprint density at radius 1 is 1.16 bits per heavy atom. The maximum atomic E-state index is 13.0. The molecule has 1 aliphatic heterocycles. The summed E-state index contributed by atoms with van der Waals surface area (Å²) in [6, 6.07) is 7.29. The van der Waals surface area contributed by atoms with Gasteiger partial charge in [-0.2, -0.15) is 0 Å². The summed E-state index contributed by atoms with van der Waals surface area (Å²) in [5.41, 5.74) is 2.04. The average molecular weight is 469 g/mol. The van der Waals surface area contributed by atoms with Gasteiger partial charge in [0.1, 0.15) is 16.5 Å². The number of piperazine rings is 1. The molecule has 1 amide bonds. The number of halogens is 1. The molecule has 32 heavy (non-hydrogen) atoms. The van der Waals surface area contributed by atoms with Gasteiger partial charge >= 0.3 is 0 Å². The van der Waals surface area contributed by atoms with Gasteiger partial charge in [0.05, 0.1) is 16.0 Å². The van der Waals surface area contributed by atoms with Gasteiger partial charge in [0.15, 0.2) is 0 Å². The minimum absolute atomic E-state index is 0.00727. The number of carbonyl (C=O) groups excluding carboxylic acids is 1. The number of benzene rings is 1. The summed E-state index contributed by atoms with van der Waals surface area (Å²) in [7, 11) is 0. The number of hydrogen-bond acceptors (Lipinski definition) is 5.